The van der Waals surface area contributed by atoms with Gasteiger partial charge in [-0.3, -0.25) is 4.79 Å². The molecule has 2 aromatic rings. The molecule has 2 N–H and O–H groups in total. The van der Waals surface area contributed by atoms with Crippen molar-refractivity contribution in [3.8, 4) is 5.75 Å². The Labute approximate surface area is 177 Å². The van der Waals surface area contributed by atoms with Gasteiger partial charge < -0.3 is 19.9 Å². The predicted molar refractivity (Wildman–Crippen MR) is 113 cm³/mol. The number of hydrogen-bond acceptors (Lipinski definition) is 5. The maximum Gasteiger partial charge on any atom is 0.309 e. The molecule has 0 saturated carbocycles. The highest BCUT2D eigenvalue weighted by Crippen LogP contribution is 2.30. The number of aliphatic hydroxyl groups is 1. The van der Waals surface area contributed by atoms with Crippen LogP contribution in [0.4, 0.5) is 0 Å². The third-order valence-corrected chi connectivity index (χ3v) is 5.31. The number of aliphatic hydroxyl groups excluding tert-OH is 1. The van der Waals surface area contributed by atoms with Gasteiger partial charge in [-0.25, -0.2) is 0 Å². The minimum Gasteiger partial charge on any atom is -0.493 e. The molecule has 1 aliphatic rings. The van der Waals surface area contributed by atoms with Crippen LogP contribution in [0.5, 0.6) is 5.75 Å². The number of ether oxygens (including phenoxy) is 2. The van der Waals surface area contributed by atoms with Gasteiger partial charge in [-0.2, -0.15) is 0 Å². The predicted octanol–water partition coefficient (Wildman–Crippen LogP) is 3.71. The number of hydrogen-bond donors (Lipinski definition) is 2. The maximum absolute atomic E-state index is 11.4. The average Bonchev–Trinajstić information content (AvgIpc) is 3.10. The molecule has 2 unspecified atom stereocenters. The van der Waals surface area contributed by atoms with E-state index in [4.69, 9.17) is 21.1 Å². The van der Waals surface area contributed by atoms with E-state index in [2.05, 4.69) is 17.4 Å². The maximum atomic E-state index is 11.4. The summed E-state index contributed by atoms with van der Waals surface area (Å²) in [5.74, 6) is 1.05. The minimum atomic E-state index is -0.572. The van der Waals surface area contributed by atoms with Crippen molar-refractivity contribution in [3.05, 3.63) is 64.2 Å². The molecular formula is C23H28ClNO4. The number of carbonyl (C=O) groups is 1. The first-order valence-corrected chi connectivity index (χ1v) is 10.5. The van der Waals surface area contributed by atoms with Crippen LogP contribution in [0, 0.1) is 5.92 Å². The summed E-state index contributed by atoms with van der Waals surface area (Å²) in [6.07, 6.45) is 1.67. The summed E-state index contributed by atoms with van der Waals surface area (Å²) in [7, 11) is 0. The van der Waals surface area contributed by atoms with Gasteiger partial charge in [0.2, 0.25) is 0 Å². The topological polar surface area (TPSA) is 67.8 Å². The van der Waals surface area contributed by atoms with E-state index in [9.17, 15) is 9.90 Å². The molecule has 6 heteroatoms. The van der Waals surface area contributed by atoms with Gasteiger partial charge in [0, 0.05) is 11.6 Å². The third kappa shape index (κ3) is 6.46. The molecule has 0 saturated heterocycles. The van der Waals surface area contributed by atoms with Crippen molar-refractivity contribution in [2.24, 2.45) is 5.92 Å². The van der Waals surface area contributed by atoms with Crippen LogP contribution in [-0.2, 0) is 22.4 Å². The van der Waals surface area contributed by atoms with E-state index in [0.717, 1.165) is 30.7 Å². The van der Waals surface area contributed by atoms with E-state index in [1.165, 1.54) is 11.1 Å². The Kier molecular flexibility index (Phi) is 7.92. The molecule has 0 spiro atoms. The van der Waals surface area contributed by atoms with Crippen LogP contribution in [0.15, 0.2) is 42.5 Å². The molecular weight excluding hydrogens is 390 g/mol. The number of carbonyl (C=O) groups excluding carboxylic acids is 1. The van der Waals surface area contributed by atoms with Crippen molar-refractivity contribution in [3.63, 3.8) is 0 Å². The van der Waals surface area contributed by atoms with E-state index in [1.807, 2.05) is 18.2 Å². The first kappa shape index (κ1) is 21.6. The lowest BCUT2D eigenvalue weighted by molar-refractivity contribution is -0.143. The minimum absolute atomic E-state index is 0.236. The standard InChI is InChI=1S/C23H28ClNO4/c1-2-28-23(27)8-9-29-21-7-6-17-10-16(11-19(17)13-21)14-25-15-22(26)18-4-3-5-20(24)12-18/h3-7,12-13,16,22,25-26H,2,8-11,14-15H2,1H3. The average molecular weight is 418 g/mol. The lowest BCUT2D eigenvalue weighted by Crippen LogP contribution is -2.27. The second kappa shape index (κ2) is 10.6. The second-order valence-electron chi connectivity index (χ2n) is 7.34. The van der Waals surface area contributed by atoms with Crippen LogP contribution in [0.2, 0.25) is 5.02 Å². The fourth-order valence-corrected chi connectivity index (χ4v) is 3.86. The Morgan fingerprint density at radius 2 is 2.07 bits per heavy atom. The molecule has 5 nitrogen and oxygen atoms in total. The van der Waals surface area contributed by atoms with Crippen LogP contribution in [-0.4, -0.2) is 37.4 Å². The van der Waals surface area contributed by atoms with Gasteiger partial charge in [0.1, 0.15) is 5.75 Å². The highest BCUT2D eigenvalue weighted by Gasteiger charge is 2.22. The summed E-state index contributed by atoms with van der Waals surface area (Å²) < 4.78 is 10.6. The van der Waals surface area contributed by atoms with Gasteiger partial charge in [0.15, 0.2) is 0 Å². The molecule has 1 aliphatic carbocycles. The Bertz CT molecular complexity index is 826. The molecule has 0 aromatic heterocycles. The smallest absolute Gasteiger partial charge is 0.309 e. The van der Waals surface area contributed by atoms with Crippen LogP contribution in [0.1, 0.15) is 36.1 Å². The summed E-state index contributed by atoms with van der Waals surface area (Å²) in [6.45, 7) is 3.84. The van der Waals surface area contributed by atoms with Crippen molar-refractivity contribution < 1.29 is 19.4 Å². The van der Waals surface area contributed by atoms with Gasteiger partial charge in [0.25, 0.3) is 0 Å². The number of halogens is 1. The van der Waals surface area contributed by atoms with Crippen molar-refractivity contribution in [1.29, 1.82) is 0 Å². The molecule has 0 fully saturated rings. The van der Waals surface area contributed by atoms with Crippen LogP contribution >= 0.6 is 11.6 Å². The zero-order valence-corrected chi connectivity index (χ0v) is 17.5. The second-order valence-corrected chi connectivity index (χ2v) is 7.77. The lowest BCUT2D eigenvalue weighted by Gasteiger charge is -2.15. The van der Waals surface area contributed by atoms with E-state index in [-0.39, 0.29) is 12.4 Å². The van der Waals surface area contributed by atoms with Crippen molar-refractivity contribution in [2.45, 2.75) is 32.3 Å². The molecule has 0 bridgehead atoms. The molecule has 3 rings (SSSR count). The monoisotopic (exact) mass is 417 g/mol. The normalized spacial score (nSPS) is 16.3. The van der Waals surface area contributed by atoms with E-state index >= 15 is 0 Å². The largest absolute Gasteiger partial charge is 0.493 e. The van der Waals surface area contributed by atoms with Crippen LogP contribution < -0.4 is 10.1 Å². The fraction of sp³-hybridized carbons (Fsp3) is 0.435. The first-order valence-electron chi connectivity index (χ1n) is 10.1. The molecule has 29 heavy (non-hydrogen) atoms. The van der Waals surface area contributed by atoms with Crippen molar-refractivity contribution >= 4 is 17.6 Å². The summed E-state index contributed by atoms with van der Waals surface area (Å²) in [5.41, 5.74) is 3.45. The third-order valence-electron chi connectivity index (χ3n) is 5.08. The van der Waals surface area contributed by atoms with Gasteiger partial charge in [-0.05, 0) is 73.2 Å². The number of nitrogens with one attached hydrogen (secondary N) is 1. The molecule has 0 radical (unpaired) electrons. The highest BCUT2D eigenvalue weighted by atomic mass is 35.5. The number of esters is 1. The molecule has 0 amide bonds. The Balaban J connectivity index is 1.42. The zero-order valence-electron chi connectivity index (χ0n) is 16.7. The SMILES string of the molecule is CCOC(=O)CCOc1ccc2c(c1)CC(CNCC(O)c1cccc(Cl)c1)C2. The van der Waals surface area contributed by atoms with Crippen LogP contribution in [0.3, 0.4) is 0 Å². The van der Waals surface area contributed by atoms with Crippen molar-refractivity contribution in [1.82, 2.24) is 5.32 Å². The van der Waals surface area contributed by atoms with E-state index < -0.39 is 6.10 Å². The van der Waals surface area contributed by atoms with Crippen LogP contribution in [0.25, 0.3) is 0 Å². The van der Waals surface area contributed by atoms with E-state index in [1.54, 1.807) is 19.1 Å². The summed E-state index contributed by atoms with van der Waals surface area (Å²) in [4.78, 5) is 11.4. The van der Waals surface area contributed by atoms with E-state index in [0.29, 0.717) is 30.7 Å². The van der Waals surface area contributed by atoms with Gasteiger partial charge in [-0.15, -0.1) is 0 Å². The Morgan fingerprint density at radius 3 is 2.86 bits per heavy atom. The Morgan fingerprint density at radius 1 is 1.24 bits per heavy atom. The fourth-order valence-electron chi connectivity index (χ4n) is 3.66. The summed E-state index contributed by atoms with van der Waals surface area (Å²) in [5, 5.41) is 14.3. The lowest BCUT2D eigenvalue weighted by atomic mass is 10.1. The number of benzene rings is 2. The number of fused-ring (bicyclic) bond motifs is 1. The number of rotatable bonds is 10. The first-order chi connectivity index (χ1) is 14.0. The van der Waals surface area contributed by atoms with Gasteiger partial charge in [0.05, 0.1) is 25.7 Å². The molecule has 0 aliphatic heterocycles. The summed E-state index contributed by atoms with van der Waals surface area (Å²) >= 11 is 5.99. The Hall–Kier alpha value is -2.08. The molecule has 0 heterocycles. The summed E-state index contributed by atoms with van der Waals surface area (Å²) in [6, 6.07) is 13.5. The van der Waals surface area contributed by atoms with Gasteiger partial charge >= 0.3 is 5.97 Å². The van der Waals surface area contributed by atoms with Crippen molar-refractivity contribution in [2.75, 3.05) is 26.3 Å². The zero-order chi connectivity index (χ0) is 20.6. The van der Waals surface area contributed by atoms with Gasteiger partial charge in [-0.1, -0.05) is 29.8 Å². The highest BCUT2D eigenvalue weighted by molar-refractivity contribution is 6.30. The quantitative estimate of drug-likeness (QED) is 0.577. The molecule has 2 aromatic carbocycles. The molecule has 156 valence electrons. The molecule has 2 atom stereocenters.